The third kappa shape index (κ3) is 3.38. The van der Waals surface area contributed by atoms with Gasteiger partial charge in [-0.05, 0) is 81.3 Å². The first-order chi connectivity index (χ1) is 8.56. The average molecular weight is 418 g/mol. The number of benzene rings is 2. The van der Waals surface area contributed by atoms with Crippen LogP contribution in [0.3, 0.4) is 0 Å². The molecule has 18 heavy (non-hydrogen) atoms. The maximum absolute atomic E-state index is 9.47. The third-order valence-corrected chi connectivity index (χ3v) is 5.01. The zero-order valence-electron chi connectivity index (χ0n) is 9.82. The highest BCUT2D eigenvalue weighted by molar-refractivity contribution is 14.1. The molecule has 0 saturated heterocycles. The SMILES string of the molecule is CC(Nc1ccc(I)c(Br)c1)c1cccc(O)c1. The molecular formula is C14H13BrINO. The van der Waals surface area contributed by atoms with Gasteiger partial charge in [0.05, 0.1) is 0 Å². The fraction of sp³-hybridized carbons (Fsp3) is 0.143. The van der Waals surface area contributed by atoms with Crippen LogP contribution in [0, 0.1) is 3.57 Å². The van der Waals surface area contributed by atoms with Crippen LogP contribution >= 0.6 is 38.5 Å². The molecule has 0 aliphatic heterocycles. The van der Waals surface area contributed by atoms with Gasteiger partial charge in [0, 0.05) is 19.8 Å². The molecule has 0 aromatic heterocycles. The van der Waals surface area contributed by atoms with E-state index in [2.05, 4.69) is 62.9 Å². The van der Waals surface area contributed by atoms with Gasteiger partial charge in [-0.15, -0.1) is 0 Å². The summed E-state index contributed by atoms with van der Waals surface area (Å²) < 4.78 is 2.26. The molecule has 0 aliphatic rings. The van der Waals surface area contributed by atoms with Gasteiger partial charge in [-0.2, -0.15) is 0 Å². The Kier molecular flexibility index (Phi) is 4.50. The Labute approximate surface area is 129 Å². The van der Waals surface area contributed by atoms with Crippen LogP contribution in [0.5, 0.6) is 5.75 Å². The van der Waals surface area contributed by atoms with E-state index in [4.69, 9.17) is 0 Å². The summed E-state index contributed by atoms with van der Waals surface area (Å²) in [5.74, 6) is 0.296. The van der Waals surface area contributed by atoms with Crippen LogP contribution in [0.4, 0.5) is 5.69 Å². The van der Waals surface area contributed by atoms with Crippen molar-refractivity contribution in [3.05, 3.63) is 56.1 Å². The normalized spacial score (nSPS) is 12.2. The summed E-state index contributed by atoms with van der Waals surface area (Å²) in [5, 5.41) is 12.9. The molecule has 94 valence electrons. The maximum atomic E-state index is 9.47. The van der Waals surface area contributed by atoms with Crippen molar-refractivity contribution in [2.75, 3.05) is 5.32 Å². The van der Waals surface area contributed by atoms with Crippen LogP contribution in [0.1, 0.15) is 18.5 Å². The number of nitrogens with one attached hydrogen (secondary N) is 1. The second-order valence-electron chi connectivity index (χ2n) is 4.09. The largest absolute Gasteiger partial charge is 0.508 e. The first-order valence-electron chi connectivity index (χ1n) is 5.57. The highest BCUT2D eigenvalue weighted by atomic mass is 127. The molecule has 0 amide bonds. The molecule has 4 heteroatoms. The van der Waals surface area contributed by atoms with E-state index in [-0.39, 0.29) is 6.04 Å². The van der Waals surface area contributed by atoms with Crippen molar-refractivity contribution in [2.24, 2.45) is 0 Å². The Morgan fingerprint density at radius 3 is 2.67 bits per heavy atom. The van der Waals surface area contributed by atoms with E-state index in [1.54, 1.807) is 12.1 Å². The van der Waals surface area contributed by atoms with E-state index < -0.39 is 0 Å². The topological polar surface area (TPSA) is 32.3 Å². The van der Waals surface area contributed by atoms with E-state index >= 15 is 0 Å². The van der Waals surface area contributed by atoms with Crippen molar-refractivity contribution in [1.82, 2.24) is 0 Å². The second kappa shape index (κ2) is 5.93. The van der Waals surface area contributed by atoms with Crippen molar-refractivity contribution in [3.8, 4) is 5.75 Å². The number of aromatic hydroxyl groups is 1. The van der Waals surface area contributed by atoms with E-state index in [1.165, 1.54) is 3.57 Å². The van der Waals surface area contributed by atoms with Gasteiger partial charge >= 0.3 is 0 Å². The molecule has 2 rings (SSSR count). The minimum absolute atomic E-state index is 0.143. The molecule has 1 atom stereocenters. The molecule has 0 heterocycles. The van der Waals surface area contributed by atoms with Gasteiger partial charge in [0.1, 0.15) is 5.75 Å². The van der Waals surface area contributed by atoms with Gasteiger partial charge in [0.25, 0.3) is 0 Å². The minimum atomic E-state index is 0.143. The van der Waals surface area contributed by atoms with E-state index in [9.17, 15) is 5.11 Å². The van der Waals surface area contributed by atoms with Gasteiger partial charge in [-0.3, -0.25) is 0 Å². The standard InChI is InChI=1S/C14H13BrINO/c1-9(10-3-2-4-12(18)7-10)17-11-5-6-14(16)13(15)8-11/h2-9,17-18H,1H3. The van der Waals surface area contributed by atoms with Crippen molar-refractivity contribution >= 4 is 44.2 Å². The summed E-state index contributed by atoms with van der Waals surface area (Å²) in [6, 6.07) is 13.6. The first kappa shape index (κ1) is 13.7. The zero-order valence-corrected chi connectivity index (χ0v) is 13.6. The summed E-state index contributed by atoms with van der Waals surface area (Å²) in [6.07, 6.45) is 0. The number of hydrogen-bond donors (Lipinski definition) is 2. The van der Waals surface area contributed by atoms with Crippen molar-refractivity contribution in [3.63, 3.8) is 0 Å². The molecule has 2 aromatic rings. The number of halogens is 2. The Bertz CT molecular complexity index is 559. The quantitative estimate of drug-likeness (QED) is 0.693. The van der Waals surface area contributed by atoms with Gasteiger partial charge < -0.3 is 10.4 Å². The molecule has 0 radical (unpaired) electrons. The molecule has 0 aliphatic carbocycles. The smallest absolute Gasteiger partial charge is 0.115 e. The summed E-state index contributed by atoms with van der Waals surface area (Å²) >= 11 is 5.80. The Morgan fingerprint density at radius 2 is 2.00 bits per heavy atom. The van der Waals surface area contributed by atoms with Gasteiger partial charge in [-0.25, -0.2) is 0 Å². The molecule has 1 unspecified atom stereocenters. The summed E-state index contributed by atoms with van der Waals surface area (Å²) in [7, 11) is 0. The first-order valence-corrected chi connectivity index (χ1v) is 7.44. The molecule has 0 fully saturated rings. The van der Waals surface area contributed by atoms with Crippen molar-refractivity contribution in [1.29, 1.82) is 0 Å². The van der Waals surface area contributed by atoms with Crippen LogP contribution < -0.4 is 5.32 Å². The molecule has 2 N–H and O–H groups in total. The fourth-order valence-corrected chi connectivity index (χ4v) is 2.43. The van der Waals surface area contributed by atoms with Gasteiger partial charge in [-0.1, -0.05) is 12.1 Å². The van der Waals surface area contributed by atoms with E-state index in [1.807, 2.05) is 18.2 Å². The minimum Gasteiger partial charge on any atom is -0.508 e. The molecule has 0 bridgehead atoms. The predicted octanol–water partition coefficient (Wildman–Crippen LogP) is 4.93. The maximum Gasteiger partial charge on any atom is 0.115 e. The number of phenolic OH excluding ortho intramolecular Hbond substituents is 1. The molecule has 0 saturated carbocycles. The average Bonchev–Trinajstić information content (AvgIpc) is 2.34. The lowest BCUT2D eigenvalue weighted by Crippen LogP contribution is -2.06. The van der Waals surface area contributed by atoms with E-state index in [0.717, 1.165) is 15.7 Å². The summed E-state index contributed by atoms with van der Waals surface area (Å²) in [6.45, 7) is 2.07. The molecule has 2 nitrogen and oxygen atoms in total. The van der Waals surface area contributed by atoms with Gasteiger partial charge in [0.2, 0.25) is 0 Å². The predicted molar refractivity (Wildman–Crippen MR) is 87.0 cm³/mol. The Balaban J connectivity index is 2.16. The van der Waals surface area contributed by atoms with Crippen molar-refractivity contribution in [2.45, 2.75) is 13.0 Å². The van der Waals surface area contributed by atoms with Crippen LogP contribution in [0.25, 0.3) is 0 Å². The highest BCUT2D eigenvalue weighted by Gasteiger charge is 2.06. The lowest BCUT2D eigenvalue weighted by Gasteiger charge is -2.16. The molecular weight excluding hydrogens is 405 g/mol. The van der Waals surface area contributed by atoms with Crippen LogP contribution in [0.15, 0.2) is 46.9 Å². The summed E-state index contributed by atoms with van der Waals surface area (Å²) in [4.78, 5) is 0. The van der Waals surface area contributed by atoms with Gasteiger partial charge in [0.15, 0.2) is 0 Å². The number of hydrogen-bond acceptors (Lipinski definition) is 2. The number of rotatable bonds is 3. The van der Waals surface area contributed by atoms with Crippen LogP contribution in [0.2, 0.25) is 0 Å². The number of phenols is 1. The summed E-state index contributed by atoms with van der Waals surface area (Å²) in [5.41, 5.74) is 2.11. The van der Waals surface area contributed by atoms with Crippen LogP contribution in [-0.2, 0) is 0 Å². The zero-order chi connectivity index (χ0) is 13.1. The Morgan fingerprint density at radius 1 is 1.22 bits per heavy atom. The van der Waals surface area contributed by atoms with E-state index in [0.29, 0.717) is 5.75 Å². The van der Waals surface area contributed by atoms with Crippen LogP contribution in [-0.4, -0.2) is 5.11 Å². The highest BCUT2D eigenvalue weighted by Crippen LogP contribution is 2.26. The monoisotopic (exact) mass is 417 g/mol. The van der Waals surface area contributed by atoms with Crippen molar-refractivity contribution < 1.29 is 5.11 Å². The second-order valence-corrected chi connectivity index (χ2v) is 6.11. The molecule has 0 spiro atoms. The molecule has 2 aromatic carbocycles. The number of anilines is 1. The lowest BCUT2D eigenvalue weighted by molar-refractivity contribution is 0.474. The lowest BCUT2D eigenvalue weighted by atomic mass is 10.1. The Hall–Kier alpha value is -0.750. The fourth-order valence-electron chi connectivity index (χ4n) is 1.71. The third-order valence-electron chi connectivity index (χ3n) is 2.67.